The molecule has 2 aliphatic heterocycles. The van der Waals surface area contributed by atoms with Crippen molar-refractivity contribution in [3.63, 3.8) is 0 Å². The van der Waals surface area contributed by atoms with Crippen LogP contribution in [0.2, 0.25) is 0 Å². The molecule has 2 heterocycles. The Kier molecular flexibility index (Phi) is 27.5. The predicted molar refractivity (Wildman–Crippen MR) is 561 cm³/mol. The van der Waals surface area contributed by atoms with Crippen LogP contribution in [0.4, 0.5) is 44.7 Å². The normalized spacial score (nSPS) is 20.1. The predicted octanol–water partition coefficient (Wildman–Crippen LogP) is 26.2. The van der Waals surface area contributed by atoms with Crippen molar-refractivity contribution >= 4 is 81.1 Å². The number of alkyl halides is 3. The van der Waals surface area contributed by atoms with Crippen molar-refractivity contribution in [2.75, 3.05) is 55.9 Å². The van der Waals surface area contributed by atoms with Crippen molar-refractivity contribution in [3.05, 3.63) is 480 Å². The Hall–Kier alpha value is -13.1. The first kappa shape index (κ1) is 98.1. The third kappa shape index (κ3) is 19.9. The average molecular weight is 1960 g/mol. The van der Waals surface area contributed by atoms with Crippen molar-refractivity contribution in [3.8, 4) is 0 Å². The van der Waals surface area contributed by atoms with Crippen LogP contribution in [-0.4, -0.2) is 89.4 Å². The van der Waals surface area contributed by atoms with Gasteiger partial charge < -0.3 is 0 Å². The van der Waals surface area contributed by atoms with Gasteiger partial charge in [-0.25, -0.2) is 55.6 Å². The molecule has 0 aromatic heterocycles. The monoisotopic (exact) mass is 1960 g/mol. The van der Waals surface area contributed by atoms with E-state index in [1.807, 2.05) is 246 Å². The maximum Gasteiger partial charge on any atom is 0.264 e. The highest BCUT2D eigenvalue weighted by Crippen LogP contribution is 2.63. The molecule has 0 amide bonds. The number of allylic oxidation sites excluding steroid dienone is 1. The molecule has 0 unspecified atom stereocenters. The van der Waals surface area contributed by atoms with E-state index in [0.29, 0.717) is 72.8 Å². The van der Waals surface area contributed by atoms with Crippen molar-refractivity contribution in [1.82, 2.24) is 0 Å². The molecular formula is C120H115F5N4O8S4. The lowest BCUT2D eigenvalue weighted by atomic mass is 9.68. The molecule has 0 fully saturated rings. The molecule has 14 aromatic rings. The summed E-state index contributed by atoms with van der Waals surface area (Å²) in [4.78, 5) is 0.485. The van der Waals surface area contributed by atoms with Gasteiger partial charge in [0.2, 0.25) is 20.0 Å². The van der Waals surface area contributed by atoms with E-state index in [-0.39, 0.29) is 41.0 Å². The molecule has 9 aliphatic rings. The Morgan fingerprint density at radius 2 is 0.837 bits per heavy atom. The summed E-state index contributed by atoms with van der Waals surface area (Å²) in [6, 6.07) is 107. The lowest BCUT2D eigenvalue weighted by Gasteiger charge is -2.47. The SMILES string of the molecule is CS(=O)(=O)N(CC1=Cc2ccccc2CC1)c1ccccc1.CS(=O)(=O)N1C[C@]2(F)CCc3ccccc3[C@@H]2c2ccccc21.Cc1ccc(S(=O)(=O)N(CC2=Cc3ccccc3C2(C)C)c2ccccc2)cc1.Cc1ccc(S(=O)(=O)N2C[C@@]3(F)[C@@H](c4ccccc42)c2ccccc2C3(C)C)cc1.Fc1ccc(CCC2=Cc3ccccc3C2)cc1.Fc1ccc2c(c1)[C@H]1c3ccccc3C[C@@]1(F)CC2. The van der Waals surface area contributed by atoms with Gasteiger partial charge in [0.05, 0.1) is 71.2 Å². The summed E-state index contributed by atoms with van der Waals surface area (Å²) in [5.41, 5.74) is 21.1. The van der Waals surface area contributed by atoms with Gasteiger partial charge in [-0.1, -0.05) is 323 Å². The molecule has 7 aliphatic carbocycles. The largest absolute Gasteiger partial charge is 0.267 e. The fourth-order valence-corrected chi connectivity index (χ4v) is 26.9. The second kappa shape index (κ2) is 39.4. The molecule has 0 N–H and O–H groups in total. The Bertz CT molecular complexity index is 7630. The first-order valence-electron chi connectivity index (χ1n) is 48.0. The fraction of sp³-hybridized carbons (Fsp3) is 0.250. The second-order valence-corrected chi connectivity index (χ2v) is 47.1. The fourth-order valence-electron chi connectivity index (χ4n) is 22.1. The van der Waals surface area contributed by atoms with Crippen LogP contribution in [0.15, 0.2) is 372 Å². The molecule has 0 bridgehead atoms. The van der Waals surface area contributed by atoms with Gasteiger partial charge in [-0.15, -0.1) is 0 Å². The van der Waals surface area contributed by atoms with Crippen LogP contribution in [0.25, 0.3) is 18.2 Å². The molecule has 14 aromatic carbocycles. The second-order valence-electron chi connectivity index (χ2n) is 39.5. The highest BCUT2D eigenvalue weighted by Gasteiger charge is 2.64. The van der Waals surface area contributed by atoms with Crippen LogP contribution < -0.4 is 17.2 Å². The van der Waals surface area contributed by atoms with Crippen LogP contribution in [0, 0.1) is 25.5 Å². The van der Waals surface area contributed by atoms with Gasteiger partial charge in [0.1, 0.15) is 28.6 Å². The summed E-state index contributed by atoms with van der Waals surface area (Å²) in [5, 5.41) is 0. The summed E-state index contributed by atoms with van der Waals surface area (Å²) in [5.74, 6) is -1.62. The number of halogens is 5. The maximum atomic E-state index is 17.1. The number of sulfonamides is 4. The summed E-state index contributed by atoms with van der Waals surface area (Å²) in [6.45, 7) is 12.3. The lowest BCUT2D eigenvalue weighted by molar-refractivity contribution is 0.0779. The van der Waals surface area contributed by atoms with Crippen molar-refractivity contribution < 1.29 is 55.6 Å². The van der Waals surface area contributed by atoms with Crippen LogP contribution in [0.1, 0.15) is 177 Å². The third-order valence-corrected chi connectivity index (χ3v) is 35.5. The zero-order valence-electron chi connectivity index (χ0n) is 80.4. The van der Waals surface area contributed by atoms with Crippen molar-refractivity contribution in [1.29, 1.82) is 0 Å². The Balaban J connectivity index is 0.000000113. The minimum Gasteiger partial charge on any atom is -0.267 e. The van der Waals surface area contributed by atoms with E-state index in [1.165, 1.54) is 86.7 Å². The molecule has 21 heteroatoms. The summed E-state index contributed by atoms with van der Waals surface area (Å²) in [6.07, 6.45) is 16.6. The van der Waals surface area contributed by atoms with E-state index in [0.717, 1.165) is 122 Å². The number of anilines is 4. The number of rotatable bonds is 15. The van der Waals surface area contributed by atoms with Gasteiger partial charge in [-0.05, 0) is 262 Å². The number of fused-ring (bicyclic) bond motifs is 18. The van der Waals surface area contributed by atoms with Gasteiger partial charge in [-0.2, -0.15) is 0 Å². The van der Waals surface area contributed by atoms with E-state index >= 15 is 13.2 Å². The number of aryl methyl sites for hydroxylation is 6. The van der Waals surface area contributed by atoms with Gasteiger partial charge >= 0.3 is 0 Å². The zero-order chi connectivity index (χ0) is 99.2. The van der Waals surface area contributed by atoms with E-state index in [9.17, 15) is 42.5 Å². The molecule has 0 spiro atoms. The maximum absolute atomic E-state index is 17.1. The number of hydrogen-bond donors (Lipinski definition) is 0. The lowest BCUT2D eigenvalue weighted by Crippen LogP contribution is -2.56. The Morgan fingerprint density at radius 3 is 1.44 bits per heavy atom. The Morgan fingerprint density at radius 1 is 0.369 bits per heavy atom. The molecular weight excluding hydrogens is 1850 g/mol. The highest BCUT2D eigenvalue weighted by atomic mass is 32.2. The minimum absolute atomic E-state index is 0.109. The number of para-hydroxylation sites is 4. The first-order valence-corrected chi connectivity index (χ1v) is 54.6. The molecule has 12 nitrogen and oxygen atoms in total. The topological polar surface area (TPSA) is 150 Å². The smallest absolute Gasteiger partial charge is 0.264 e. The van der Waals surface area contributed by atoms with Gasteiger partial charge in [0, 0.05) is 35.0 Å². The standard InChI is InChI=1S/C25H24FNO2S.C25H25NO2S.C18H18FNO2S.C18H19NO2S.C17H14F2.C17H15F/c1-17-12-14-18(15-13-17)30(28,29)27-16-25(26)23(20-9-5-7-11-22(20)27)19-8-4-6-10-21(19)24(25,2)3;1-19-13-15-23(16-14-19)29(27,28)26(22-10-5-4-6-11-22)18-21-17-20-9-7-8-12-24(20)25(21,2)3;1-23(21,22)20-12-18(19)11-10-13-6-2-3-7-14(13)17(18)15-8-4-5-9-16(15)20;1-22(20,21)19(18-9-3-2-4-10-18)14-15-11-12-16-7-5-6-8-17(16)13-15;18-13-6-5-11-7-8-17(19)10-12-3-1-2-4-14(12)16(17)15(11)9-13;18-17-9-7-13(8-10-17)5-6-14-11-15-3-1-2-4-16(15)12-14/h4-15,23H,16H2,1-3H3;4-17H,18H2,1-3H3;2-9,17H,10-12H2,1H3;2-10,13H,11-12,14H2,1H3;1-6,9,16H,7-8,10H2;1-4,7-11H,5-6,12H2/t23-,25-;;17-,18-;;16-,17+;/m1.1.1./s1. The van der Waals surface area contributed by atoms with Crippen LogP contribution >= 0.6 is 0 Å². The summed E-state index contributed by atoms with van der Waals surface area (Å²) in [7, 11) is -14.4. The molecule has 0 saturated carbocycles. The van der Waals surface area contributed by atoms with Crippen molar-refractivity contribution in [2.45, 2.75) is 161 Å². The van der Waals surface area contributed by atoms with Crippen LogP contribution in [0.3, 0.4) is 0 Å². The molecule has 23 rings (SSSR count). The van der Waals surface area contributed by atoms with Crippen LogP contribution in [-0.2, 0) is 89.4 Å². The highest BCUT2D eigenvalue weighted by molar-refractivity contribution is 7.93. The number of benzene rings is 14. The average Bonchev–Trinajstić information content (AvgIpc) is 1.53. The molecule has 0 saturated heterocycles. The minimum atomic E-state index is -3.91. The molecule has 0 radical (unpaired) electrons. The molecule has 141 heavy (non-hydrogen) atoms. The third-order valence-electron chi connectivity index (χ3n) is 29.7. The Labute approximate surface area is 827 Å². The van der Waals surface area contributed by atoms with E-state index in [2.05, 4.69) is 80.6 Å². The van der Waals surface area contributed by atoms with Gasteiger partial charge in [0.25, 0.3) is 20.0 Å². The zero-order valence-corrected chi connectivity index (χ0v) is 83.6. The number of hydrogen-bond acceptors (Lipinski definition) is 8. The van der Waals surface area contributed by atoms with E-state index < -0.39 is 74.4 Å². The number of nitrogens with zero attached hydrogens (tertiary/aromatic N) is 4. The van der Waals surface area contributed by atoms with E-state index in [4.69, 9.17) is 0 Å². The van der Waals surface area contributed by atoms with E-state index in [1.54, 1.807) is 54.6 Å². The van der Waals surface area contributed by atoms with Gasteiger partial charge in [0.15, 0.2) is 0 Å². The summed E-state index contributed by atoms with van der Waals surface area (Å²) >= 11 is 0. The van der Waals surface area contributed by atoms with Gasteiger partial charge in [-0.3, -0.25) is 17.2 Å². The molecule has 6 atom stereocenters. The molecule has 722 valence electrons. The van der Waals surface area contributed by atoms with Crippen LogP contribution in [0.5, 0.6) is 0 Å². The summed E-state index contributed by atoms with van der Waals surface area (Å²) < 4.78 is 183. The first-order chi connectivity index (χ1) is 67.4. The quantitative estimate of drug-likeness (QED) is 0.0921. The van der Waals surface area contributed by atoms with Crippen molar-refractivity contribution in [2.24, 2.45) is 0 Å².